The van der Waals surface area contributed by atoms with E-state index in [9.17, 15) is 26.3 Å². The normalized spacial score (nSPS) is 16.8. The van der Waals surface area contributed by atoms with Gasteiger partial charge in [0.05, 0.1) is 11.7 Å². The third-order valence-corrected chi connectivity index (χ3v) is 4.99. The molecule has 1 aliphatic rings. The maximum absolute atomic E-state index is 14.6. The predicted molar refractivity (Wildman–Crippen MR) is 106 cm³/mol. The topological polar surface area (TPSA) is 44.2 Å². The molecule has 0 spiro atoms. The summed E-state index contributed by atoms with van der Waals surface area (Å²) in [4.78, 5) is 7.43. The van der Waals surface area contributed by atoms with Crippen LogP contribution in [0.25, 0.3) is 10.8 Å². The molecule has 2 heterocycles. The Labute approximate surface area is 184 Å². The molecule has 1 aliphatic heterocycles. The highest BCUT2D eigenvalue weighted by molar-refractivity contribution is 5.86. The molecule has 0 amide bonds. The molecule has 0 N–H and O–H groups in total. The van der Waals surface area contributed by atoms with Crippen LogP contribution in [-0.2, 0) is 10.8 Å². The van der Waals surface area contributed by atoms with E-state index in [2.05, 4.69) is 9.97 Å². The highest BCUT2D eigenvalue weighted by Crippen LogP contribution is 2.33. The maximum Gasteiger partial charge on any atom is 0.462 e. The second-order valence-electron chi connectivity index (χ2n) is 7.37. The van der Waals surface area contributed by atoms with Crippen molar-refractivity contribution < 1.29 is 35.8 Å². The van der Waals surface area contributed by atoms with Crippen LogP contribution in [0.4, 0.5) is 26.3 Å². The summed E-state index contributed by atoms with van der Waals surface area (Å²) in [7, 11) is 0. The van der Waals surface area contributed by atoms with Crippen molar-refractivity contribution in [1.82, 2.24) is 9.97 Å². The molecule has 3 aromatic rings. The number of ether oxygens (including phenoxy) is 2. The Morgan fingerprint density at radius 1 is 1.00 bits per heavy atom. The molecule has 0 saturated carbocycles. The van der Waals surface area contributed by atoms with Crippen molar-refractivity contribution in [3.8, 4) is 17.6 Å². The average Bonchev–Trinajstić information content (AvgIpc) is 2.78. The summed E-state index contributed by atoms with van der Waals surface area (Å²) in [5.74, 6) is 0.563. The Hall–Kier alpha value is -3.32. The standard InChI is InChI=1S/C23H16F6N2O2/c24-20-14(8-9-22(25,26)27)4-5-15-11-17(6-7-18(15)20)33-23(28,29)21-30-12-16(13-31-21)19-3-1-2-10-32-19/h4-7,11-13,19H,1-3,10H2. The van der Waals surface area contributed by atoms with Crippen molar-refractivity contribution in [1.29, 1.82) is 0 Å². The third-order valence-electron chi connectivity index (χ3n) is 4.99. The fourth-order valence-corrected chi connectivity index (χ4v) is 3.42. The molecule has 1 atom stereocenters. The fourth-order valence-electron chi connectivity index (χ4n) is 3.42. The largest absolute Gasteiger partial charge is 0.462 e. The van der Waals surface area contributed by atoms with Gasteiger partial charge in [-0.1, -0.05) is 12.0 Å². The van der Waals surface area contributed by atoms with E-state index >= 15 is 0 Å². The van der Waals surface area contributed by atoms with E-state index < -0.39 is 29.5 Å². The Kier molecular flexibility index (Phi) is 6.17. The molecule has 4 nitrogen and oxygen atoms in total. The van der Waals surface area contributed by atoms with E-state index in [-0.39, 0.29) is 22.6 Å². The molecule has 10 heteroatoms. The first-order valence-electron chi connectivity index (χ1n) is 9.95. The van der Waals surface area contributed by atoms with Gasteiger partial charge in [-0.2, -0.15) is 22.0 Å². The SMILES string of the molecule is Fc1c(C#CC(F)(F)F)ccc2cc(OC(F)(F)c3ncc(C4CCCCO4)cn3)ccc12. The molecule has 1 unspecified atom stereocenters. The third kappa shape index (κ3) is 5.37. The monoisotopic (exact) mass is 466 g/mol. The van der Waals surface area contributed by atoms with Gasteiger partial charge < -0.3 is 9.47 Å². The Morgan fingerprint density at radius 2 is 1.76 bits per heavy atom. The van der Waals surface area contributed by atoms with Crippen molar-refractivity contribution in [2.75, 3.05) is 6.61 Å². The van der Waals surface area contributed by atoms with Gasteiger partial charge >= 0.3 is 12.3 Å². The molecule has 1 saturated heterocycles. The number of benzene rings is 2. The minimum Gasteiger partial charge on any atom is -0.427 e. The number of nitrogens with zero attached hydrogens (tertiary/aromatic N) is 2. The summed E-state index contributed by atoms with van der Waals surface area (Å²) >= 11 is 0. The van der Waals surface area contributed by atoms with E-state index in [0.717, 1.165) is 49.4 Å². The molecule has 0 radical (unpaired) electrons. The van der Waals surface area contributed by atoms with E-state index in [1.807, 2.05) is 0 Å². The summed E-state index contributed by atoms with van der Waals surface area (Å²) in [5.41, 5.74) is 0.133. The first kappa shape index (κ1) is 22.9. The molecule has 2 aromatic carbocycles. The quantitative estimate of drug-likeness (QED) is 0.347. The van der Waals surface area contributed by atoms with E-state index in [1.165, 1.54) is 18.5 Å². The molecular formula is C23H16F6N2O2. The lowest BCUT2D eigenvalue weighted by atomic mass is 10.0. The average molecular weight is 466 g/mol. The highest BCUT2D eigenvalue weighted by Gasteiger charge is 2.38. The Bertz CT molecular complexity index is 1210. The molecule has 1 fully saturated rings. The van der Waals surface area contributed by atoms with Gasteiger partial charge in [0.25, 0.3) is 0 Å². The number of hydrogen-bond acceptors (Lipinski definition) is 4. The van der Waals surface area contributed by atoms with Gasteiger partial charge in [-0.05, 0) is 48.9 Å². The summed E-state index contributed by atoms with van der Waals surface area (Å²) in [5, 5.41) is 0.0526. The molecule has 172 valence electrons. The molecule has 1 aromatic heterocycles. The number of halogens is 6. The fraction of sp³-hybridized carbons (Fsp3) is 0.304. The minimum absolute atomic E-state index is 0.0901. The van der Waals surface area contributed by atoms with E-state index in [4.69, 9.17) is 9.47 Å². The van der Waals surface area contributed by atoms with Crippen LogP contribution in [0.5, 0.6) is 5.75 Å². The molecule has 0 bridgehead atoms. The molecule has 33 heavy (non-hydrogen) atoms. The number of alkyl halides is 5. The summed E-state index contributed by atoms with van der Waals surface area (Å²) in [6.07, 6.45) is -3.67. The first-order valence-corrected chi connectivity index (χ1v) is 9.95. The van der Waals surface area contributed by atoms with Crippen molar-refractivity contribution in [2.24, 2.45) is 0 Å². The summed E-state index contributed by atoms with van der Waals surface area (Å²) < 4.78 is 90.8. The van der Waals surface area contributed by atoms with Gasteiger partial charge in [0.15, 0.2) is 0 Å². The lowest BCUT2D eigenvalue weighted by Crippen LogP contribution is -2.25. The highest BCUT2D eigenvalue weighted by atomic mass is 19.4. The molecule has 4 rings (SSSR count). The lowest BCUT2D eigenvalue weighted by molar-refractivity contribution is -0.192. The van der Waals surface area contributed by atoms with Gasteiger partial charge in [0.1, 0.15) is 11.6 Å². The van der Waals surface area contributed by atoms with Crippen LogP contribution in [0.15, 0.2) is 42.7 Å². The smallest absolute Gasteiger partial charge is 0.427 e. The van der Waals surface area contributed by atoms with E-state index in [1.54, 1.807) is 5.92 Å². The number of hydrogen-bond donors (Lipinski definition) is 0. The van der Waals surface area contributed by atoms with E-state index in [0.29, 0.717) is 12.2 Å². The summed E-state index contributed by atoms with van der Waals surface area (Å²) in [6, 6.07) is 5.63. The zero-order chi connectivity index (χ0) is 23.6. The zero-order valence-electron chi connectivity index (χ0n) is 16.9. The number of aromatic nitrogens is 2. The Morgan fingerprint density at radius 3 is 2.42 bits per heavy atom. The van der Waals surface area contributed by atoms with Gasteiger partial charge in [0.2, 0.25) is 5.82 Å². The van der Waals surface area contributed by atoms with Crippen LogP contribution >= 0.6 is 0 Å². The molecular weight excluding hydrogens is 450 g/mol. The van der Waals surface area contributed by atoms with Gasteiger partial charge in [0, 0.05) is 35.9 Å². The maximum atomic E-state index is 14.6. The number of fused-ring (bicyclic) bond motifs is 1. The van der Waals surface area contributed by atoms with Gasteiger partial charge in [-0.25, -0.2) is 14.4 Å². The van der Waals surface area contributed by atoms with Crippen LogP contribution in [0, 0.1) is 17.7 Å². The van der Waals surface area contributed by atoms with Crippen LogP contribution in [-0.4, -0.2) is 22.8 Å². The predicted octanol–water partition coefficient (Wildman–Crippen LogP) is 6.05. The van der Waals surface area contributed by atoms with Crippen LogP contribution in [0.2, 0.25) is 0 Å². The van der Waals surface area contributed by atoms with Crippen molar-refractivity contribution in [3.05, 3.63) is 65.5 Å². The molecule has 0 aliphatic carbocycles. The van der Waals surface area contributed by atoms with Crippen molar-refractivity contribution in [2.45, 2.75) is 37.7 Å². The summed E-state index contributed by atoms with van der Waals surface area (Å²) in [6.45, 7) is 0.588. The van der Waals surface area contributed by atoms with Crippen LogP contribution in [0.1, 0.15) is 42.3 Å². The second kappa shape index (κ2) is 8.90. The first-order chi connectivity index (χ1) is 15.6. The van der Waals surface area contributed by atoms with Gasteiger partial charge in [-0.15, -0.1) is 0 Å². The Balaban J connectivity index is 1.54. The lowest BCUT2D eigenvalue weighted by Gasteiger charge is -2.23. The van der Waals surface area contributed by atoms with Crippen molar-refractivity contribution in [3.63, 3.8) is 0 Å². The second-order valence-corrected chi connectivity index (χ2v) is 7.37. The van der Waals surface area contributed by atoms with Crippen LogP contribution in [0.3, 0.4) is 0 Å². The van der Waals surface area contributed by atoms with Gasteiger partial charge in [-0.3, -0.25) is 0 Å². The number of rotatable bonds is 4. The van der Waals surface area contributed by atoms with Crippen LogP contribution < -0.4 is 4.74 Å². The van der Waals surface area contributed by atoms with Crippen molar-refractivity contribution >= 4 is 10.8 Å². The minimum atomic E-state index is -4.77. The zero-order valence-corrected chi connectivity index (χ0v) is 16.9.